The SMILES string of the molecule is N#Cc1c(Br)cccc1Nc1ccc2c(c1)OC(F)(F)O2. The Kier molecular flexibility index (Phi) is 3.18. The van der Waals surface area contributed by atoms with Crippen LogP contribution >= 0.6 is 15.9 Å². The number of nitrogens with zero attached hydrogens (tertiary/aromatic N) is 1. The molecule has 0 atom stereocenters. The monoisotopic (exact) mass is 352 g/mol. The lowest BCUT2D eigenvalue weighted by Crippen LogP contribution is -2.25. The van der Waals surface area contributed by atoms with Gasteiger partial charge in [-0.15, -0.1) is 8.78 Å². The summed E-state index contributed by atoms with van der Waals surface area (Å²) in [6.07, 6.45) is -3.64. The Labute approximate surface area is 127 Å². The zero-order valence-electron chi connectivity index (χ0n) is 10.4. The Bertz CT molecular complexity index is 759. The van der Waals surface area contributed by atoms with E-state index in [0.717, 1.165) is 0 Å². The Hall–Kier alpha value is -2.33. The van der Waals surface area contributed by atoms with Crippen LogP contribution in [0.25, 0.3) is 0 Å². The summed E-state index contributed by atoms with van der Waals surface area (Å²) in [7, 11) is 0. The van der Waals surface area contributed by atoms with Crippen molar-refractivity contribution in [3.63, 3.8) is 0 Å². The summed E-state index contributed by atoms with van der Waals surface area (Å²) < 4.78 is 35.3. The number of rotatable bonds is 2. The molecule has 2 aromatic rings. The van der Waals surface area contributed by atoms with Crippen molar-refractivity contribution < 1.29 is 18.3 Å². The number of nitrogens with one attached hydrogen (secondary N) is 1. The lowest BCUT2D eigenvalue weighted by atomic mass is 10.2. The molecular weight excluding hydrogens is 346 g/mol. The van der Waals surface area contributed by atoms with Gasteiger partial charge in [0.25, 0.3) is 0 Å². The minimum absolute atomic E-state index is 0.0275. The van der Waals surface area contributed by atoms with Crippen molar-refractivity contribution >= 4 is 27.3 Å². The van der Waals surface area contributed by atoms with Gasteiger partial charge in [0.05, 0.1) is 11.3 Å². The summed E-state index contributed by atoms with van der Waals surface area (Å²) in [5.41, 5.74) is 1.47. The maximum absolute atomic E-state index is 13.0. The Morgan fingerprint density at radius 2 is 1.90 bits per heavy atom. The van der Waals surface area contributed by atoms with Crippen LogP contribution in [0, 0.1) is 11.3 Å². The van der Waals surface area contributed by atoms with E-state index >= 15 is 0 Å². The van der Waals surface area contributed by atoms with E-state index in [9.17, 15) is 8.78 Å². The Balaban J connectivity index is 1.92. The molecule has 0 aliphatic carbocycles. The molecular formula is C14H7BrF2N2O2. The van der Waals surface area contributed by atoms with Gasteiger partial charge < -0.3 is 14.8 Å². The second-order valence-corrected chi connectivity index (χ2v) is 5.08. The Morgan fingerprint density at radius 1 is 1.14 bits per heavy atom. The van der Waals surface area contributed by atoms with Gasteiger partial charge in [0.2, 0.25) is 0 Å². The molecule has 0 fully saturated rings. The molecule has 0 amide bonds. The van der Waals surface area contributed by atoms with Crippen LogP contribution in [0.2, 0.25) is 0 Å². The number of nitriles is 1. The third-order valence-corrected chi connectivity index (χ3v) is 3.47. The molecule has 1 aliphatic rings. The predicted octanol–water partition coefficient (Wildman–Crippen LogP) is 4.39. The van der Waals surface area contributed by atoms with Crippen LogP contribution in [0.5, 0.6) is 11.5 Å². The standard InChI is InChI=1S/C14H7BrF2N2O2/c15-10-2-1-3-11(9(10)7-18)19-8-4-5-12-13(6-8)21-14(16,17)20-12/h1-6,19H. The molecule has 21 heavy (non-hydrogen) atoms. The number of hydrogen-bond donors (Lipinski definition) is 1. The van der Waals surface area contributed by atoms with E-state index < -0.39 is 6.29 Å². The van der Waals surface area contributed by atoms with Gasteiger partial charge in [-0.05, 0) is 40.2 Å². The third-order valence-electron chi connectivity index (χ3n) is 2.81. The van der Waals surface area contributed by atoms with Gasteiger partial charge in [0.1, 0.15) is 6.07 Å². The second-order valence-electron chi connectivity index (χ2n) is 4.23. The summed E-state index contributed by atoms with van der Waals surface area (Å²) in [5, 5.41) is 12.1. The number of hydrogen-bond acceptors (Lipinski definition) is 4. The van der Waals surface area contributed by atoms with Crippen LogP contribution in [0.3, 0.4) is 0 Å². The van der Waals surface area contributed by atoms with Crippen LogP contribution in [0.1, 0.15) is 5.56 Å². The molecule has 0 unspecified atom stereocenters. The van der Waals surface area contributed by atoms with Gasteiger partial charge in [0.15, 0.2) is 11.5 Å². The summed E-state index contributed by atoms with van der Waals surface area (Å²) in [6, 6.07) is 11.6. The van der Waals surface area contributed by atoms with Gasteiger partial charge in [-0.3, -0.25) is 0 Å². The Morgan fingerprint density at radius 3 is 2.67 bits per heavy atom. The van der Waals surface area contributed by atoms with Crippen LogP contribution < -0.4 is 14.8 Å². The number of halogens is 3. The number of benzene rings is 2. The quantitative estimate of drug-likeness (QED) is 0.870. The maximum Gasteiger partial charge on any atom is 0.586 e. The fraction of sp³-hybridized carbons (Fsp3) is 0.0714. The molecule has 0 spiro atoms. The summed E-state index contributed by atoms with van der Waals surface area (Å²) in [5.74, 6) is -0.0844. The lowest BCUT2D eigenvalue weighted by Gasteiger charge is -2.09. The number of anilines is 2. The molecule has 3 rings (SSSR count). The average molecular weight is 353 g/mol. The first-order valence-corrected chi connectivity index (χ1v) is 6.63. The third kappa shape index (κ3) is 2.62. The highest BCUT2D eigenvalue weighted by atomic mass is 79.9. The lowest BCUT2D eigenvalue weighted by molar-refractivity contribution is -0.286. The van der Waals surface area contributed by atoms with Crippen LogP contribution in [-0.2, 0) is 0 Å². The van der Waals surface area contributed by atoms with E-state index in [1.165, 1.54) is 12.1 Å². The van der Waals surface area contributed by atoms with E-state index in [4.69, 9.17) is 5.26 Å². The van der Waals surface area contributed by atoms with E-state index in [2.05, 4.69) is 36.8 Å². The molecule has 2 aromatic carbocycles. The van der Waals surface area contributed by atoms with Gasteiger partial charge in [0, 0.05) is 16.2 Å². The van der Waals surface area contributed by atoms with Gasteiger partial charge >= 0.3 is 6.29 Å². The topological polar surface area (TPSA) is 54.3 Å². The molecule has 0 saturated heterocycles. The van der Waals surface area contributed by atoms with Gasteiger partial charge in [-0.25, -0.2) is 0 Å². The van der Waals surface area contributed by atoms with Gasteiger partial charge in [-0.2, -0.15) is 5.26 Å². The highest BCUT2D eigenvalue weighted by Crippen LogP contribution is 2.42. The average Bonchev–Trinajstić information content (AvgIpc) is 2.72. The summed E-state index contributed by atoms with van der Waals surface area (Å²) in [6.45, 7) is 0. The fourth-order valence-electron chi connectivity index (χ4n) is 1.92. The molecule has 1 aliphatic heterocycles. The summed E-state index contributed by atoms with van der Waals surface area (Å²) >= 11 is 3.28. The highest BCUT2D eigenvalue weighted by molar-refractivity contribution is 9.10. The molecule has 0 aromatic heterocycles. The largest absolute Gasteiger partial charge is 0.586 e. The van der Waals surface area contributed by atoms with Crippen molar-refractivity contribution in [3.8, 4) is 17.6 Å². The predicted molar refractivity (Wildman–Crippen MR) is 74.8 cm³/mol. The molecule has 1 heterocycles. The first kappa shape index (κ1) is 13.6. The number of alkyl halides is 2. The van der Waals surface area contributed by atoms with E-state index in [1.54, 1.807) is 24.3 Å². The second kappa shape index (κ2) is 4.90. The molecule has 4 nitrogen and oxygen atoms in total. The molecule has 0 bridgehead atoms. The van der Waals surface area contributed by atoms with Crippen molar-refractivity contribution in [2.24, 2.45) is 0 Å². The smallest absolute Gasteiger partial charge is 0.395 e. The first-order chi connectivity index (χ1) is 9.98. The van der Waals surface area contributed by atoms with Crippen molar-refractivity contribution in [1.29, 1.82) is 5.26 Å². The van der Waals surface area contributed by atoms with E-state index in [1.807, 2.05) is 0 Å². The van der Waals surface area contributed by atoms with Crippen LogP contribution in [0.15, 0.2) is 40.9 Å². The molecule has 0 radical (unpaired) electrons. The van der Waals surface area contributed by atoms with E-state index in [-0.39, 0.29) is 11.5 Å². The summed E-state index contributed by atoms with van der Waals surface area (Å²) in [4.78, 5) is 0. The minimum Gasteiger partial charge on any atom is -0.395 e. The molecule has 0 saturated carbocycles. The van der Waals surface area contributed by atoms with E-state index in [0.29, 0.717) is 21.4 Å². The van der Waals surface area contributed by atoms with Crippen molar-refractivity contribution in [2.75, 3.05) is 5.32 Å². The number of ether oxygens (including phenoxy) is 2. The van der Waals surface area contributed by atoms with Gasteiger partial charge in [-0.1, -0.05) is 6.07 Å². The zero-order chi connectivity index (χ0) is 15.0. The van der Waals surface area contributed by atoms with Crippen molar-refractivity contribution in [3.05, 3.63) is 46.4 Å². The molecule has 1 N–H and O–H groups in total. The van der Waals surface area contributed by atoms with Crippen LogP contribution in [0.4, 0.5) is 20.2 Å². The van der Waals surface area contributed by atoms with Crippen molar-refractivity contribution in [2.45, 2.75) is 6.29 Å². The highest BCUT2D eigenvalue weighted by Gasteiger charge is 2.43. The fourth-order valence-corrected chi connectivity index (χ4v) is 2.38. The molecule has 7 heteroatoms. The van der Waals surface area contributed by atoms with Crippen molar-refractivity contribution in [1.82, 2.24) is 0 Å². The maximum atomic E-state index is 13.0. The first-order valence-electron chi connectivity index (χ1n) is 5.84. The minimum atomic E-state index is -3.64. The van der Waals surface area contributed by atoms with Crippen LogP contribution in [-0.4, -0.2) is 6.29 Å². The zero-order valence-corrected chi connectivity index (χ0v) is 11.9. The molecule has 106 valence electrons. The number of fused-ring (bicyclic) bond motifs is 1. The normalized spacial score (nSPS) is 14.6.